The number of alkyl halides is 3. The van der Waals surface area contributed by atoms with E-state index in [1.54, 1.807) is 17.2 Å². The molecule has 5 nitrogen and oxygen atoms in total. The second kappa shape index (κ2) is 6.54. The van der Waals surface area contributed by atoms with Crippen LogP contribution in [0.5, 0.6) is 0 Å². The van der Waals surface area contributed by atoms with Crippen LogP contribution in [0.25, 0.3) is 6.08 Å². The molecule has 8 heteroatoms. The van der Waals surface area contributed by atoms with E-state index in [2.05, 4.69) is 0 Å². The Morgan fingerprint density at radius 1 is 0.935 bits per heavy atom. The molecule has 0 aromatic heterocycles. The molecule has 5 rings (SSSR count). The fourth-order valence-electron chi connectivity index (χ4n) is 5.17. The van der Waals surface area contributed by atoms with Crippen molar-refractivity contribution in [1.82, 2.24) is 4.90 Å². The van der Waals surface area contributed by atoms with E-state index in [1.807, 2.05) is 24.3 Å². The molecule has 2 amide bonds. The van der Waals surface area contributed by atoms with Crippen molar-refractivity contribution in [3.8, 4) is 0 Å². The summed E-state index contributed by atoms with van der Waals surface area (Å²) in [6, 6.07) is 10.3. The fourth-order valence-corrected chi connectivity index (χ4v) is 5.17. The average molecular weight is 426 g/mol. The Hall–Kier alpha value is -3.42. The van der Waals surface area contributed by atoms with Gasteiger partial charge in [-0.05, 0) is 36.3 Å². The van der Waals surface area contributed by atoms with Crippen molar-refractivity contribution in [2.45, 2.75) is 25.2 Å². The van der Waals surface area contributed by atoms with Crippen LogP contribution in [0, 0.1) is 11.8 Å². The Balaban J connectivity index is 1.67. The molecule has 2 aromatic rings. The molecule has 0 bridgehead atoms. The van der Waals surface area contributed by atoms with Crippen molar-refractivity contribution in [3.63, 3.8) is 0 Å². The van der Waals surface area contributed by atoms with E-state index in [-0.39, 0.29) is 5.78 Å². The number of carbonyl (C=O) groups is 3. The van der Waals surface area contributed by atoms with Gasteiger partial charge in [-0.2, -0.15) is 13.2 Å². The third-order valence-electron chi connectivity index (χ3n) is 6.33. The number of carbonyl (C=O) groups excluding carboxylic acids is 3. The molecule has 158 valence electrons. The predicted molar refractivity (Wildman–Crippen MR) is 105 cm³/mol. The minimum atomic E-state index is -4.74. The van der Waals surface area contributed by atoms with Gasteiger partial charge >= 0.3 is 6.18 Å². The van der Waals surface area contributed by atoms with Crippen LogP contribution in [0.1, 0.15) is 29.7 Å². The van der Waals surface area contributed by atoms with E-state index in [9.17, 15) is 27.6 Å². The molecule has 3 aliphatic heterocycles. The van der Waals surface area contributed by atoms with E-state index in [0.29, 0.717) is 4.90 Å². The van der Waals surface area contributed by atoms with Crippen LogP contribution < -0.4 is 4.90 Å². The molecule has 3 aliphatic rings. The highest BCUT2D eigenvalue weighted by atomic mass is 19.4. The van der Waals surface area contributed by atoms with Gasteiger partial charge in [-0.3, -0.25) is 14.4 Å². The van der Waals surface area contributed by atoms with Crippen molar-refractivity contribution in [2.24, 2.45) is 11.8 Å². The first kappa shape index (κ1) is 19.5. The summed E-state index contributed by atoms with van der Waals surface area (Å²) in [5.74, 6) is -3.79. The van der Waals surface area contributed by atoms with E-state index >= 15 is 0 Å². The highest BCUT2D eigenvalue weighted by Crippen LogP contribution is 2.54. The Morgan fingerprint density at radius 2 is 1.58 bits per heavy atom. The lowest BCUT2D eigenvalue weighted by molar-refractivity contribution is -0.137. The molecule has 4 atom stereocenters. The summed E-state index contributed by atoms with van der Waals surface area (Å²) in [6.07, 6.45) is -1.22. The fraction of sp³-hybridized carbons (Fsp3) is 0.261. The molecule has 3 heterocycles. The number of halogens is 3. The van der Waals surface area contributed by atoms with Gasteiger partial charge in [0.1, 0.15) is 0 Å². The average Bonchev–Trinajstić information content (AvgIpc) is 3.20. The van der Waals surface area contributed by atoms with Gasteiger partial charge in [-0.25, -0.2) is 4.90 Å². The van der Waals surface area contributed by atoms with Crippen LogP contribution in [0.4, 0.5) is 18.9 Å². The zero-order chi connectivity index (χ0) is 22.1. The summed E-state index contributed by atoms with van der Waals surface area (Å²) in [7, 11) is 0. The summed E-state index contributed by atoms with van der Waals surface area (Å²) in [5.41, 5.74) is 0.0710. The molecule has 4 unspecified atom stereocenters. The molecule has 0 N–H and O–H groups in total. The number of fused-ring (bicyclic) bond motifs is 5. The number of amides is 2. The van der Waals surface area contributed by atoms with Crippen LogP contribution in [0.3, 0.4) is 0 Å². The topological polar surface area (TPSA) is 57.7 Å². The van der Waals surface area contributed by atoms with E-state index in [0.717, 1.165) is 23.3 Å². The number of hydrogen-bond acceptors (Lipinski definition) is 4. The first-order chi connectivity index (χ1) is 14.7. The van der Waals surface area contributed by atoms with Gasteiger partial charge in [0.05, 0.1) is 35.2 Å². The van der Waals surface area contributed by atoms with Crippen molar-refractivity contribution in [2.75, 3.05) is 4.90 Å². The molecule has 2 saturated heterocycles. The number of nitrogens with zero attached hydrogens (tertiary/aromatic N) is 2. The first-order valence-electron chi connectivity index (χ1n) is 9.81. The maximum atomic E-state index is 13.6. The van der Waals surface area contributed by atoms with Gasteiger partial charge in [0.25, 0.3) is 0 Å². The Kier molecular flexibility index (Phi) is 4.12. The largest absolute Gasteiger partial charge is 0.418 e. The second-order valence-electron chi connectivity index (χ2n) is 7.97. The number of imide groups is 1. The Morgan fingerprint density at radius 3 is 2.29 bits per heavy atom. The highest BCUT2D eigenvalue weighted by Gasteiger charge is 2.64. The highest BCUT2D eigenvalue weighted by molar-refractivity contribution is 6.24. The van der Waals surface area contributed by atoms with Gasteiger partial charge in [0.2, 0.25) is 11.8 Å². The number of Topliss-reactive ketones (excluding diaryl/α,β-unsaturated/α-hetero) is 1. The summed E-state index contributed by atoms with van der Waals surface area (Å²) in [4.78, 5) is 41.7. The van der Waals surface area contributed by atoms with E-state index < -0.39 is 53.2 Å². The smallest absolute Gasteiger partial charge is 0.359 e. The van der Waals surface area contributed by atoms with Gasteiger partial charge in [0, 0.05) is 6.20 Å². The summed E-state index contributed by atoms with van der Waals surface area (Å²) < 4.78 is 40.8. The normalized spacial score (nSPS) is 26.7. The van der Waals surface area contributed by atoms with Crippen LogP contribution in [-0.2, 0) is 20.6 Å². The first-order valence-corrected chi connectivity index (χ1v) is 9.81. The molecule has 0 aliphatic carbocycles. The zero-order valence-electron chi connectivity index (χ0n) is 16.3. The molecule has 2 aromatic carbocycles. The summed E-state index contributed by atoms with van der Waals surface area (Å²) in [5, 5.41) is 0. The maximum absolute atomic E-state index is 13.6. The van der Waals surface area contributed by atoms with Crippen molar-refractivity contribution in [1.29, 1.82) is 0 Å². The lowest BCUT2D eigenvalue weighted by Gasteiger charge is -2.35. The molecular weight excluding hydrogens is 409 g/mol. The second-order valence-corrected chi connectivity index (χ2v) is 7.97. The third kappa shape index (κ3) is 2.67. The van der Waals surface area contributed by atoms with Gasteiger partial charge < -0.3 is 4.90 Å². The zero-order valence-corrected chi connectivity index (χ0v) is 16.3. The van der Waals surface area contributed by atoms with Gasteiger partial charge in [-0.1, -0.05) is 36.4 Å². The van der Waals surface area contributed by atoms with Crippen molar-refractivity contribution >= 4 is 29.4 Å². The molecule has 31 heavy (non-hydrogen) atoms. The van der Waals surface area contributed by atoms with Crippen LogP contribution in [0.15, 0.2) is 54.7 Å². The quantitative estimate of drug-likeness (QED) is 0.686. The molecule has 0 saturated carbocycles. The maximum Gasteiger partial charge on any atom is 0.418 e. The van der Waals surface area contributed by atoms with Crippen LogP contribution in [-0.4, -0.2) is 28.5 Å². The van der Waals surface area contributed by atoms with E-state index in [4.69, 9.17) is 0 Å². The number of hydrogen-bond donors (Lipinski definition) is 0. The minimum Gasteiger partial charge on any atom is -0.359 e. The third-order valence-corrected chi connectivity index (χ3v) is 6.33. The summed E-state index contributed by atoms with van der Waals surface area (Å²) in [6.45, 7) is 1.34. The Bertz CT molecular complexity index is 1160. The molecule has 2 fully saturated rings. The Labute approximate surface area is 175 Å². The number of ketones is 1. The standard InChI is InChI=1S/C23H17F3N2O3/c1-12(29)19-17-18(20-14-7-3-2-6-13(14)10-11-27(19)20)22(31)28(21(17)30)16-9-5-4-8-15(16)23(24,25)26/h2-11,17-20H,1H3. The lowest BCUT2D eigenvalue weighted by atomic mass is 9.84. The van der Waals surface area contributed by atoms with Crippen LogP contribution in [0.2, 0.25) is 0 Å². The van der Waals surface area contributed by atoms with Gasteiger partial charge in [0.15, 0.2) is 5.78 Å². The number of anilines is 1. The molecule has 0 spiro atoms. The number of benzene rings is 2. The van der Waals surface area contributed by atoms with Crippen LogP contribution >= 0.6 is 0 Å². The molecular formula is C23H17F3N2O3. The van der Waals surface area contributed by atoms with E-state index in [1.165, 1.54) is 19.1 Å². The SMILES string of the molecule is CC(=O)C1C2C(=O)N(c3ccccc3C(F)(F)F)C(=O)C2C2c3ccccc3C=CN12. The number of para-hydroxylation sites is 1. The lowest BCUT2D eigenvalue weighted by Crippen LogP contribution is -2.44. The summed E-state index contributed by atoms with van der Waals surface area (Å²) >= 11 is 0. The molecule has 0 radical (unpaired) electrons. The minimum absolute atomic E-state index is 0.311. The van der Waals surface area contributed by atoms with Crippen molar-refractivity contribution in [3.05, 3.63) is 71.4 Å². The predicted octanol–water partition coefficient (Wildman–Crippen LogP) is 3.81. The monoisotopic (exact) mass is 426 g/mol. The van der Waals surface area contributed by atoms with Crippen molar-refractivity contribution < 1.29 is 27.6 Å². The number of rotatable bonds is 2. The van der Waals surface area contributed by atoms with Gasteiger partial charge in [-0.15, -0.1) is 0 Å².